The molecule has 0 fully saturated rings. The molecule has 1 aromatic heterocycles. The lowest BCUT2D eigenvalue weighted by atomic mass is 10.1. The highest BCUT2D eigenvalue weighted by Gasteiger charge is 2.13. The molecular weight excluding hydrogens is 332 g/mol. The predicted molar refractivity (Wildman–Crippen MR) is 102 cm³/mol. The molecule has 128 valence electrons. The molecule has 25 heavy (non-hydrogen) atoms. The summed E-state index contributed by atoms with van der Waals surface area (Å²) < 4.78 is 5.45. The molecule has 0 amide bonds. The van der Waals surface area contributed by atoms with E-state index in [-0.39, 0.29) is 10.6 Å². The Labute approximate surface area is 151 Å². The fourth-order valence-corrected chi connectivity index (χ4v) is 3.69. The van der Waals surface area contributed by atoms with E-state index in [9.17, 15) is 9.90 Å². The van der Waals surface area contributed by atoms with Crippen LogP contribution in [0.4, 0.5) is 0 Å². The minimum atomic E-state index is -0.493. The summed E-state index contributed by atoms with van der Waals surface area (Å²) in [7, 11) is 0. The molecule has 0 saturated heterocycles. The van der Waals surface area contributed by atoms with Crippen LogP contribution in [-0.4, -0.2) is 10.9 Å². The molecule has 0 spiro atoms. The number of aryl methyl sites for hydroxylation is 3. The van der Waals surface area contributed by atoms with Gasteiger partial charge in [-0.25, -0.2) is 4.79 Å². The summed E-state index contributed by atoms with van der Waals surface area (Å²) in [6.07, 6.45) is 0.823. The molecule has 0 atom stereocenters. The Bertz CT molecular complexity index is 909. The van der Waals surface area contributed by atoms with Gasteiger partial charge in [0.1, 0.15) is 16.4 Å². The second-order valence-corrected chi connectivity index (χ2v) is 7.18. The van der Waals surface area contributed by atoms with Gasteiger partial charge in [0.25, 0.3) is 0 Å². The summed E-state index contributed by atoms with van der Waals surface area (Å²) in [6, 6.07) is 17.5. The van der Waals surface area contributed by atoms with E-state index in [2.05, 4.69) is 6.07 Å². The third-order valence-electron chi connectivity index (χ3n) is 3.87. The first-order valence-electron chi connectivity index (χ1n) is 8.15. The molecule has 3 rings (SSSR count). The second-order valence-electron chi connectivity index (χ2n) is 6.07. The van der Waals surface area contributed by atoms with Crippen molar-refractivity contribution in [3.8, 4) is 17.1 Å². The van der Waals surface area contributed by atoms with Crippen molar-refractivity contribution in [3.63, 3.8) is 0 Å². The van der Waals surface area contributed by atoms with E-state index < -0.39 is 5.63 Å². The minimum absolute atomic E-state index is 0.0246. The van der Waals surface area contributed by atoms with Gasteiger partial charge in [-0.2, -0.15) is 0 Å². The van der Waals surface area contributed by atoms with Crippen LogP contribution in [0.5, 0.6) is 5.75 Å². The Morgan fingerprint density at radius 3 is 2.32 bits per heavy atom. The lowest BCUT2D eigenvalue weighted by Gasteiger charge is -2.07. The van der Waals surface area contributed by atoms with Gasteiger partial charge in [0.2, 0.25) is 0 Å². The van der Waals surface area contributed by atoms with Gasteiger partial charge in [0, 0.05) is 17.4 Å². The number of rotatable bonds is 5. The monoisotopic (exact) mass is 352 g/mol. The van der Waals surface area contributed by atoms with E-state index in [1.165, 1.54) is 23.4 Å². The van der Waals surface area contributed by atoms with Crippen LogP contribution < -0.4 is 5.63 Å². The summed E-state index contributed by atoms with van der Waals surface area (Å²) in [5.41, 5.74) is 3.67. The molecule has 0 aliphatic heterocycles. The zero-order valence-corrected chi connectivity index (χ0v) is 15.1. The quantitative estimate of drug-likeness (QED) is 0.659. The summed E-state index contributed by atoms with van der Waals surface area (Å²) >= 11 is 1.32. The zero-order valence-electron chi connectivity index (χ0n) is 14.3. The molecular formula is C21H20O3S. The van der Waals surface area contributed by atoms with Gasteiger partial charge in [0.05, 0.1) is 0 Å². The van der Waals surface area contributed by atoms with Gasteiger partial charge < -0.3 is 9.52 Å². The van der Waals surface area contributed by atoms with Crippen LogP contribution in [0.1, 0.15) is 16.7 Å². The first-order valence-corrected chi connectivity index (χ1v) is 9.14. The van der Waals surface area contributed by atoms with Gasteiger partial charge in [-0.3, -0.25) is 0 Å². The van der Waals surface area contributed by atoms with E-state index in [4.69, 9.17) is 4.42 Å². The number of hydrogen-bond donors (Lipinski definition) is 1. The van der Waals surface area contributed by atoms with Crippen molar-refractivity contribution in [2.24, 2.45) is 0 Å². The molecule has 0 bridgehead atoms. The lowest BCUT2D eigenvalue weighted by molar-refractivity contribution is 0.430. The van der Waals surface area contributed by atoms with Crippen molar-refractivity contribution in [2.75, 3.05) is 5.75 Å². The smallest absolute Gasteiger partial charge is 0.353 e. The van der Waals surface area contributed by atoms with Crippen molar-refractivity contribution in [2.45, 2.75) is 25.2 Å². The number of thioether (sulfide) groups is 1. The molecule has 2 aromatic carbocycles. The molecule has 1 heterocycles. The molecule has 0 unspecified atom stereocenters. The SMILES string of the molecule is Cc1cc(C)cc(-c2cc(O)c(SCCc3ccccc3)c(=O)o2)c1. The van der Waals surface area contributed by atoms with Gasteiger partial charge in [-0.1, -0.05) is 47.5 Å². The normalized spacial score (nSPS) is 10.8. The molecule has 1 N–H and O–H groups in total. The standard InChI is InChI=1S/C21H20O3S/c1-14-10-15(2)12-17(11-14)19-13-18(22)20(21(23)24-19)25-9-8-16-6-4-3-5-7-16/h3-7,10-13,22H,8-9H2,1-2H3. The maximum atomic E-state index is 12.3. The molecule has 3 nitrogen and oxygen atoms in total. The minimum Gasteiger partial charge on any atom is -0.506 e. The topological polar surface area (TPSA) is 50.4 Å². The molecule has 4 heteroatoms. The van der Waals surface area contributed by atoms with Gasteiger partial charge >= 0.3 is 5.63 Å². The highest BCUT2D eigenvalue weighted by atomic mass is 32.2. The Balaban J connectivity index is 1.79. The van der Waals surface area contributed by atoms with Crippen LogP contribution in [-0.2, 0) is 6.42 Å². The molecule has 0 saturated carbocycles. The van der Waals surface area contributed by atoms with Crippen LogP contribution >= 0.6 is 11.8 Å². The number of hydrogen-bond acceptors (Lipinski definition) is 4. The Morgan fingerprint density at radius 1 is 1.00 bits per heavy atom. The van der Waals surface area contributed by atoms with Crippen molar-refractivity contribution >= 4 is 11.8 Å². The molecule has 3 aromatic rings. The highest BCUT2D eigenvalue weighted by Crippen LogP contribution is 2.30. The fourth-order valence-electron chi connectivity index (χ4n) is 2.78. The Hall–Kier alpha value is -2.46. The van der Waals surface area contributed by atoms with Gasteiger partial charge in [-0.15, -0.1) is 11.8 Å². The number of benzene rings is 2. The number of aromatic hydroxyl groups is 1. The van der Waals surface area contributed by atoms with Crippen molar-refractivity contribution in [1.29, 1.82) is 0 Å². The van der Waals surface area contributed by atoms with E-state index >= 15 is 0 Å². The summed E-state index contributed by atoms with van der Waals surface area (Å²) in [4.78, 5) is 12.6. The van der Waals surface area contributed by atoms with Crippen molar-refractivity contribution < 1.29 is 9.52 Å². The zero-order chi connectivity index (χ0) is 17.8. The molecule has 0 aliphatic carbocycles. The summed E-state index contributed by atoms with van der Waals surface area (Å²) in [6.45, 7) is 3.98. The Kier molecular flexibility index (Phi) is 5.29. The third-order valence-corrected chi connectivity index (χ3v) is 4.95. The van der Waals surface area contributed by atoms with Crippen LogP contribution in [0.3, 0.4) is 0 Å². The average Bonchev–Trinajstić information content (AvgIpc) is 2.57. The van der Waals surface area contributed by atoms with Crippen molar-refractivity contribution in [1.82, 2.24) is 0 Å². The summed E-state index contributed by atoms with van der Waals surface area (Å²) in [5, 5.41) is 10.3. The van der Waals surface area contributed by atoms with Gasteiger partial charge in [0.15, 0.2) is 0 Å². The largest absolute Gasteiger partial charge is 0.506 e. The highest BCUT2D eigenvalue weighted by molar-refractivity contribution is 7.99. The predicted octanol–water partition coefficient (Wildman–Crippen LogP) is 4.96. The maximum absolute atomic E-state index is 12.3. The third kappa shape index (κ3) is 4.34. The van der Waals surface area contributed by atoms with E-state index in [1.807, 2.05) is 56.3 Å². The van der Waals surface area contributed by atoms with Crippen LogP contribution in [0.15, 0.2) is 68.7 Å². The second kappa shape index (κ2) is 7.62. The van der Waals surface area contributed by atoms with Gasteiger partial charge in [-0.05, 0) is 38.0 Å². The van der Waals surface area contributed by atoms with Crippen LogP contribution in [0.2, 0.25) is 0 Å². The van der Waals surface area contributed by atoms with Crippen molar-refractivity contribution in [3.05, 3.63) is 81.7 Å². The van der Waals surface area contributed by atoms with E-state index in [0.717, 1.165) is 23.1 Å². The maximum Gasteiger partial charge on any atom is 0.353 e. The summed E-state index contributed by atoms with van der Waals surface area (Å²) in [5.74, 6) is 1.07. The first kappa shape index (κ1) is 17.4. The first-order chi connectivity index (χ1) is 12.0. The van der Waals surface area contributed by atoms with Crippen LogP contribution in [0, 0.1) is 13.8 Å². The Morgan fingerprint density at radius 2 is 1.68 bits per heavy atom. The van der Waals surface area contributed by atoms with Crippen LogP contribution in [0.25, 0.3) is 11.3 Å². The molecule has 0 aliphatic rings. The molecule has 0 radical (unpaired) electrons. The lowest BCUT2D eigenvalue weighted by Crippen LogP contribution is -2.04. The van der Waals surface area contributed by atoms with E-state index in [1.54, 1.807) is 0 Å². The fraction of sp³-hybridized carbons (Fsp3) is 0.190. The average molecular weight is 352 g/mol. The van der Waals surface area contributed by atoms with E-state index in [0.29, 0.717) is 11.5 Å².